The first-order chi connectivity index (χ1) is 9.90. The molecule has 1 aromatic rings. The Kier molecular flexibility index (Phi) is 5.03. The van der Waals surface area contributed by atoms with Gasteiger partial charge in [0.1, 0.15) is 0 Å². The van der Waals surface area contributed by atoms with Crippen LogP contribution < -0.4 is 4.72 Å². The van der Waals surface area contributed by atoms with Gasteiger partial charge < -0.3 is 5.11 Å². The number of nitrogens with one attached hydrogen (secondary N) is 1. The minimum atomic E-state index is -3.68. The summed E-state index contributed by atoms with van der Waals surface area (Å²) >= 11 is 5.80. The van der Waals surface area contributed by atoms with Crippen LogP contribution in [0.4, 0.5) is 0 Å². The van der Waals surface area contributed by atoms with E-state index in [0.717, 1.165) is 25.3 Å². The van der Waals surface area contributed by atoms with E-state index in [9.17, 15) is 13.2 Å². The minimum absolute atomic E-state index is 0.0242. The molecule has 0 spiro atoms. The number of hydrogen-bond donors (Lipinski definition) is 2. The van der Waals surface area contributed by atoms with Crippen LogP contribution in [-0.2, 0) is 10.0 Å². The quantitative estimate of drug-likeness (QED) is 0.813. The van der Waals surface area contributed by atoms with Crippen LogP contribution in [0.15, 0.2) is 35.2 Å². The Bertz CT molecular complexity index is 670. The molecule has 5 nitrogen and oxygen atoms in total. The van der Waals surface area contributed by atoms with Gasteiger partial charge in [-0.05, 0) is 43.4 Å². The second-order valence-electron chi connectivity index (χ2n) is 4.95. The molecule has 1 atom stereocenters. The summed E-state index contributed by atoms with van der Waals surface area (Å²) in [6.45, 7) is 0.366. The van der Waals surface area contributed by atoms with Crippen LogP contribution in [0.3, 0.4) is 0 Å². The van der Waals surface area contributed by atoms with Crippen LogP contribution in [0, 0.1) is 5.92 Å². The van der Waals surface area contributed by atoms with E-state index in [1.807, 2.05) is 0 Å². The van der Waals surface area contributed by atoms with Gasteiger partial charge in [0.05, 0.1) is 15.5 Å². The molecule has 7 heteroatoms. The molecule has 0 fully saturated rings. The molecule has 0 heterocycles. The molecule has 0 saturated heterocycles. The summed E-state index contributed by atoms with van der Waals surface area (Å²) in [5.41, 5.74) is -0.118. The first-order valence-corrected chi connectivity index (χ1v) is 8.44. The molecule has 1 unspecified atom stereocenters. The number of hydrogen-bond acceptors (Lipinski definition) is 3. The van der Waals surface area contributed by atoms with Gasteiger partial charge in [-0.2, -0.15) is 0 Å². The Hall–Kier alpha value is -1.37. The van der Waals surface area contributed by atoms with Gasteiger partial charge in [-0.1, -0.05) is 23.8 Å². The summed E-state index contributed by atoms with van der Waals surface area (Å²) < 4.78 is 26.9. The van der Waals surface area contributed by atoms with Gasteiger partial charge in [0.2, 0.25) is 10.0 Å². The molecular weight excluding hydrogens is 314 g/mol. The Morgan fingerprint density at radius 2 is 2.14 bits per heavy atom. The summed E-state index contributed by atoms with van der Waals surface area (Å²) in [5.74, 6) is -0.899. The molecule has 2 rings (SSSR count). The number of carbonyl (C=O) groups is 1. The third-order valence-corrected chi connectivity index (χ3v) is 5.15. The summed E-state index contributed by atoms with van der Waals surface area (Å²) in [5, 5.41) is 8.79. The zero-order chi connectivity index (χ0) is 15.5. The highest BCUT2D eigenvalue weighted by Crippen LogP contribution is 2.22. The molecule has 21 heavy (non-hydrogen) atoms. The van der Waals surface area contributed by atoms with Gasteiger partial charge in [0, 0.05) is 6.54 Å². The van der Waals surface area contributed by atoms with Gasteiger partial charge in [0.25, 0.3) is 0 Å². The van der Waals surface area contributed by atoms with Gasteiger partial charge in [-0.15, -0.1) is 0 Å². The fourth-order valence-corrected chi connectivity index (χ4v) is 3.66. The molecule has 0 aromatic heterocycles. The lowest BCUT2D eigenvalue weighted by Crippen LogP contribution is -2.29. The number of benzene rings is 1. The van der Waals surface area contributed by atoms with Crippen molar-refractivity contribution >= 4 is 27.6 Å². The van der Waals surface area contributed by atoms with Crippen LogP contribution in [-0.4, -0.2) is 26.0 Å². The topological polar surface area (TPSA) is 83.5 Å². The van der Waals surface area contributed by atoms with Crippen LogP contribution >= 0.6 is 11.6 Å². The highest BCUT2D eigenvalue weighted by molar-refractivity contribution is 7.89. The number of rotatable bonds is 5. The SMILES string of the molecule is O=C(O)c1ccc(S(=O)(=O)NCC2CC=CCC2)cc1Cl. The van der Waals surface area contributed by atoms with Crippen molar-refractivity contribution in [3.05, 3.63) is 40.9 Å². The number of carboxylic acid groups (broad SMARTS) is 1. The second-order valence-corrected chi connectivity index (χ2v) is 7.12. The lowest BCUT2D eigenvalue weighted by Gasteiger charge is -2.18. The monoisotopic (exact) mass is 329 g/mol. The van der Waals surface area contributed by atoms with E-state index in [2.05, 4.69) is 16.9 Å². The maximum Gasteiger partial charge on any atom is 0.337 e. The lowest BCUT2D eigenvalue weighted by atomic mass is 9.95. The zero-order valence-electron chi connectivity index (χ0n) is 11.3. The molecule has 1 aromatic carbocycles. The van der Waals surface area contributed by atoms with Crippen molar-refractivity contribution in [2.45, 2.75) is 24.2 Å². The van der Waals surface area contributed by atoms with Crippen molar-refractivity contribution in [2.24, 2.45) is 5.92 Å². The maximum absolute atomic E-state index is 12.2. The van der Waals surface area contributed by atoms with E-state index < -0.39 is 16.0 Å². The van der Waals surface area contributed by atoms with E-state index in [0.29, 0.717) is 12.5 Å². The number of sulfonamides is 1. The zero-order valence-corrected chi connectivity index (χ0v) is 12.8. The van der Waals surface area contributed by atoms with Crippen molar-refractivity contribution in [2.75, 3.05) is 6.54 Å². The molecule has 0 radical (unpaired) electrons. The van der Waals surface area contributed by atoms with E-state index in [1.165, 1.54) is 12.1 Å². The predicted octanol–water partition coefficient (Wildman–Crippen LogP) is 2.67. The summed E-state index contributed by atoms with van der Waals surface area (Å²) in [4.78, 5) is 10.8. The lowest BCUT2D eigenvalue weighted by molar-refractivity contribution is 0.0697. The molecule has 0 aliphatic heterocycles. The van der Waals surface area contributed by atoms with E-state index in [1.54, 1.807) is 0 Å². The van der Waals surface area contributed by atoms with Gasteiger partial charge >= 0.3 is 5.97 Å². The Morgan fingerprint density at radius 3 is 2.71 bits per heavy atom. The molecule has 1 aliphatic rings. The molecule has 1 aliphatic carbocycles. The third-order valence-electron chi connectivity index (χ3n) is 3.42. The van der Waals surface area contributed by atoms with Crippen LogP contribution in [0.1, 0.15) is 29.6 Å². The molecular formula is C14H16ClNO4S. The third kappa shape index (κ3) is 4.06. The van der Waals surface area contributed by atoms with Crippen molar-refractivity contribution < 1.29 is 18.3 Å². The minimum Gasteiger partial charge on any atom is -0.478 e. The molecule has 0 bridgehead atoms. The fourth-order valence-electron chi connectivity index (χ4n) is 2.19. The largest absolute Gasteiger partial charge is 0.478 e. The molecule has 2 N–H and O–H groups in total. The Balaban J connectivity index is 2.10. The maximum atomic E-state index is 12.2. The number of aromatic carboxylic acids is 1. The molecule has 0 saturated carbocycles. The number of halogens is 1. The number of allylic oxidation sites excluding steroid dienone is 2. The normalized spacial score (nSPS) is 18.6. The highest BCUT2D eigenvalue weighted by Gasteiger charge is 2.19. The molecule has 0 amide bonds. The van der Waals surface area contributed by atoms with Crippen molar-refractivity contribution in [1.82, 2.24) is 4.72 Å². The highest BCUT2D eigenvalue weighted by atomic mass is 35.5. The van der Waals surface area contributed by atoms with Crippen molar-refractivity contribution in [1.29, 1.82) is 0 Å². The predicted molar refractivity (Wildman–Crippen MR) is 80.1 cm³/mol. The first-order valence-electron chi connectivity index (χ1n) is 6.57. The van der Waals surface area contributed by atoms with Crippen LogP contribution in [0.2, 0.25) is 5.02 Å². The molecule has 114 valence electrons. The smallest absolute Gasteiger partial charge is 0.337 e. The van der Waals surface area contributed by atoms with Gasteiger partial charge in [-0.3, -0.25) is 0 Å². The average molecular weight is 330 g/mol. The average Bonchev–Trinajstić information content (AvgIpc) is 2.46. The van der Waals surface area contributed by atoms with E-state index in [-0.39, 0.29) is 15.5 Å². The second kappa shape index (κ2) is 6.60. The van der Waals surface area contributed by atoms with E-state index >= 15 is 0 Å². The van der Waals surface area contributed by atoms with E-state index in [4.69, 9.17) is 16.7 Å². The summed E-state index contributed by atoms with van der Waals surface area (Å²) in [7, 11) is -3.68. The van der Waals surface area contributed by atoms with Crippen LogP contribution in [0.5, 0.6) is 0 Å². The van der Waals surface area contributed by atoms with Crippen molar-refractivity contribution in [3.8, 4) is 0 Å². The first kappa shape index (κ1) is 16.0. The van der Waals surface area contributed by atoms with Crippen molar-refractivity contribution in [3.63, 3.8) is 0 Å². The summed E-state index contributed by atoms with van der Waals surface area (Å²) in [6.07, 6.45) is 6.93. The summed E-state index contributed by atoms with van der Waals surface area (Å²) in [6, 6.07) is 3.61. The Morgan fingerprint density at radius 1 is 1.38 bits per heavy atom. The van der Waals surface area contributed by atoms with Crippen LogP contribution in [0.25, 0.3) is 0 Å². The standard InChI is InChI=1S/C14H16ClNO4S/c15-13-8-11(6-7-12(13)14(17)18)21(19,20)16-9-10-4-2-1-3-5-10/h1-2,6-8,10,16H,3-5,9H2,(H,17,18). The van der Waals surface area contributed by atoms with Gasteiger partial charge in [0.15, 0.2) is 0 Å². The van der Waals surface area contributed by atoms with Gasteiger partial charge in [-0.25, -0.2) is 17.9 Å². The fraction of sp³-hybridized carbons (Fsp3) is 0.357. The number of carboxylic acids is 1. The Labute approximate surface area is 128 Å².